The van der Waals surface area contributed by atoms with Crippen LogP contribution in [0.2, 0.25) is 0 Å². The fourth-order valence-corrected chi connectivity index (χ4v) is 7.37. The molecule has 0 radical (unpaired) electrons. The molecule has 50 heavy (non-hydrogen) atoms. The van der Waals surface area contributed by atoms with Crippen molar-refractivity contribution in [2.24, 2.45) is 5.41 Å². The topological polar surface area (TPSA) is 171 Å². The minimum absolute atomic E-state index is 0.181. The Hall–Kier alpha value is -5.15. The standard InChI is InChI=1S/C35H34BrN9O5/c1-6-28-40-29(50-43-28)13-35-11-25(34(48)41-33-21(17-49-5)7-8-27(36)39-33)45(26(35)12-35)30(47)16-44-32-18(2)9-22(23-14-37-20(4)38-15-23)10-24(32)31(42-44)19(3)46/h6-10,14-15,25-26H,1,11-13,16-17H2,2-5H3,(H,39,41,48)/t25-,26+,35-/m0/s1. The lowest BCUT2D eigenvalue weighted by Gasteiger charge is -2.27. The maximum atomic E-state index is 14.4. The van der Waals surface area contributed by atoms with E-state index in [1.165, 1.54) is 13.0 Å². The van der Waals surface area contributed by atoms with Crippen LogP contribution >= 0.6 is 15.9 Å². The van der Waals surface area contributed by atoms with E-state index in [0.29, 0.717) is 63.7 Å². The molecule has 2 aliphatic rings. The summed E-state index contributed by atoms with van der Waals surface area (Å²) >= 11 is 3.38. The average Bonchev–Trinajstić information content (AvgIpc) is 3.37. The first kappa shape index (κ1) is 33.4. The highest BCUT2D eigenvalue weighted by molar-refractivity contribution is 9.10. The zero-order chi connectivity index (χ0) is 35.3. The second-order valence-electron chi connectivity index (χ2n) is 12.9. The quantitative estimate of drug-likeness (QED) is 0.145. The van der Waals surface area contributed by atoms with Crippen LogP contribution in [0.5, 0.6) is 0 Å². The molecular formula is C35H34BrN9O5. The number of hydrogen-bond donors (Lipinski definition) is 1. The SMILES string of the molecule is C=Cc1noc(C[C@@]23C[C@@H](C(=O)Nc4nc(Br)ccc4COC)N(C(=O)Cn4nc(C(C)=O)c5cc(-c6cnc(C)nc6)cc(C)c54)[C@@H]2C3)n1. The van der Waals surface area contributed by atoms with Crippen molar-refractivity contribution in [3.63, 3.8) is 0 Å². The van der Waals surface area contributed by atoms with E-state index in [2.05, 4.69) is 58.0 Å². The predicted molar refractivity (Wildman–Crippen MR) is 186 cm³/mol. The number of rotatable bonds is 11. The Kier molecular flexibility index (Phi) is 8.64. The molecule has 4 aromatic heterocycles. The first-order valence-electron chi connectivity index (χ1n) is 16.0. The van der Waals surface area contributed by atoms with E-state index < -0.39 is 11.5 Å². The molecule has 256 valence electrons. The van der Waals surface area contributed by atoms with Crippen LogP contribution in [0, 0.1) is 19.3 Å². The lowest BCUT2D eigenvalue weighted by Crippen LogP contribution is -2.47. The first-order valence-corrected chi connectivity index (χ1v) is 16.8. The van der Waals surface area contributed by atoms with Gasteiger partial charge in [-0.2, -0.15) is 10.1 Å². The summed E-state index contributed by atoms with van der Waals surface area (Å²) in [7, 11) is 1.56. The number of ether oxygens (including phenoxy) is 1. The number of piperidine rings is 1. The summed E-state index contributed by atoms with van der Waals surface area (Å²) in [6, 6.07) is 6.36. The number of ketones is 1. The minimum atomic E-state index is -0.817. The third-order valence-corrected chi connectivity index (χ3v) is 9.87. The summed E-state index contributed by atoms with van der Waals surface area (Å²) in [6.45, 7) is 8.93. The Balaban J connectivity index is 1.22. The molecule has 1 saturated heterocycles. The van der Waals surface area contributed by atoms with Gasteiger partial charge in [-0.25, -0.2) is 15.0 Å². The third kappa shape index (κ3) is 6.11. The van der Waals surface area contributed by atoms with Crippen molar-refractivity contribution in [3.05, 3.63) is 82.2 Å². The lowest BCUT2D eigenvalue weighted by molar-refractivity contribution is -0.138. The van der Waals surface area contributed by atoms with Crippen LogP contribution in [0.15, 0.2) is 52.4 Å². The second kappa shape index (κ2) is 12.9. The van der Waals surface area contributed by atoms with Gasteiger partial charge in [0.15, 0.2) is 11.6 Å². The molecule has 2 fully saturated rings. The van der Waals surface area contributed by atoms with Crippen LogP contribution in [0.25, 0.3) is 28.1 Å². The zero-order valence-corrected chi connectivity index (χ0v) is 29.5. The first-order chi connectivity index (χ1) is 24.0. The van der Waals surface area contributed by atoms with Gasteiger partial charge in [0, 0.05) is 60.8 Å². The van der Waals surface area contributed by atoms with Crippen LogP contribution in [-0.2, 0) is 33.9 Å². The number of amides is 2. The molecule has 5 aromatic rings. The number of nitrogens with one attached hydrogen (secondary N) is 1. The molecule has 0 spiro atoms. The Morgan fingerprint density at radius 2 is 1.92 bits per heavy atom. The Labute approximate surface area is 295 Å². The van der Waals surface area contributed by atoms with Gasteiger partial charge in [-0.15, -0.1) is 0 Å². The normalized spacial score (nSPS) is 19.4. The predicted octanol–water partition coefficient (Wildman–Crippen LogP) is 4.88. The molecule has 1 aliphatic carbocycles. The number of anilines is 1. The molecule has 3 atom stereocenters. The molecular weight excluding hydrogens is 706 g/mol. The highest BCUT2D eigenvalue weighted by Gasteiger charge is 2.67. The van der Waals surface area contributed by atoms with Crippen LogP contribution in [0.3, 0.4) is 0 Å². The van der Waals surface area contributed by atoms with Crippen molar-refractivity contribution in [1.82, 2.24) is 39.8 Å². The number of carbonyl (C=O) groups is 3. The number of pyridine rings is 1. The zero-order valence-electron chi connectivity index (χ0n) is 27.9. The highest BCUT2D eigenvalue weighted by Crippen LogP contribution is 2.61. The van der Waals surface area contributed by atoms with Crippen molar-refractivity contribution < 1.29 is 23.6 Å². The van der Waals surface area contributed by atoms with Crippen molar-refractivity contribution in [2.45, 2.75) is 65.3 Å². The number of methoxy groups -OCH3 is 1. The van der Waals surface area contributed by atoms with Gasteiger partial charge in [0.1, 0.15) is 34.5 Å². The van der Waals surface area contributed by atoms with Gasteiger partial charge in [-0.3, -0.25) is 19.1 Å². The van der Waals surface area contributed by atoms with Crippen molar-refractivity contribution >= 4 is 56.3 Å². The van der Waals surface area contributed by atoms with Gasteiger partial charge in [0.2, 0.25) is 17.7 Å². The van der Waals surface area contributed by atoms with Crippen molar-refractivity contribution in [3.8, 4) is 11.1 Å². The van der Waals surface area contributed by atoms with Crippen molar-refractivity contribution in [1.29, 1.82) is 0 Å². The van der Waals surface area contributed by atoms with E-state index in [1.807, 2.05) is 32.0 Å². The van der Waals surface area contributed by atoms with Gasteiger partial charge in [-0.05, 0) is 78.0 Å². The van der Waals surface area contributed by atoms with Gasteiger partial charge in [0.25, 0.3) is 0 Å². The Morgan fingerprint density at radius 3 is 2.62 bits per heavy atom. The highest BCUT2D eigenvalue weighted by atomic mass is 79.9. The third-order valence-electron chi connectivity index (χ3n) is 9.43. The number of likely N-dealkylation sites (tertiary alicyclic amines) is 1. The number of aromatic nitrogens is 7. The van der Waals surface area contributed by atoms with E-state index in [4.69, 9.17) is 9.26 Å². The van der Waals surface area contributed by atoms with Crippen molar-refractivity contribution in [2.75, 3.05) is 12.4 Å². The molecule has 0 unspecified atom stereocenters. The number of carbonyl (C=O) groups excluding carboxylic acids is 3. The van der Waals surface area contributed by atoms with E-state index in [0.717, 1.165) is 16.7 Å². The monoisotopic (exact) mass is 739 g/mol. The van der Waals surface area contributed by atoms with Gasteiger partial charge in [0.05, 0.1) is 12.1 Å². The largest absolute Gasteiger partial charge is 0.380 e. The maximum absolute atomic E-state index is 14.4. The molecule has 7 rings (SSSR count). The van der Waals surface area contributed by atoms with Gasteiger partial charge in [-0.1, -0.05) is 17.8 Å². The molecule has 15 heteroatoms. The molecule has 1 N–H and O–H groups in total. The van der Waals surface area contributed by atoms with E-state index in [9.17, 15) is 14.4 Å². The van der Waals surface area contributed by atoms with Gasteiger partial charge < -0.3 is 19.5 Å². The Bertz CT molecular complexity index is 2180. The van der Waals surface area contributed by atoms with Crippen LogP contribution in [0.1, 0.15) is 58.9 Å². The number of fused-ring (bicyclic) bond motifs is 2. The number of Topliss-reactive ketones (excluding diaryl/α,β-unsaturated/α-hetero) is 1. The van der Waals surface area contributed by atoms with E-state index >= 15 is 0 Å². The van der Waals surface area contributed by atoms with Crippen LogP contribution < -0.4 is 5.32 Å². The second-order valence-corrected chi connectivity index (χ2v) is 13.7. The minimum Gasteiger partial charge on any atom is -0.380 e. The van der Waals surface area contributed by atoms with Gasteiger partial charge >= 0.3 is 0 Å². The fourth-order valence-electron chi connectivity index (χ4n) is 7.06. The maximum Gasteiger partial charge on any atom is 0.248 e. The number of halogens is 1. The summed E-state index contributed by atoms with van der Waals surface area (Å²) < 4.78 is 12.9. The van der Waals surface area contributed by atoms with E-state index in [-0.39, 0.29) is 42.5 Å². The number of hydrogen-bond acceptors (Lipinski definition) is 11. The Morgan fingerprint density at radius 1 is 1.14 bits per heavy atom. The molecule has 1 aromatic carbocycles. The summed E-state index contributed by atoms with van der Waals surface area (Å²) in [5.41, 5.74) is 3.62. The number of aryl methyl sites for hydroxylation is 2. The smallest absolute Gasteiger partial charge is 0.248 e. The molecule has 5 heterocycles. The van der Waals surface area contributed by atoms with E-state index in [1.54, 1.807) is 35.2 Å². The molecule has 1 aliphatic heterocycles. The van der Waals surface area contributed by atoms with Crippen LogP contribution in [-0.4, -0.2) is 76.6 Å². The summed E-state index contributed by atoms with van der Waals surface area (Å²) in [6.07, 6.45) is 6.42. The molecule has 2 amide bonds. The molecule has 0 bridgehead atoms. The fraction of sp³-hybridized carbons (Fsp3) is 0.343. The summed E-state index contributed by atoms with van der Waals surface area (Å²) in [5, 5.41) is 12.1. The molecule has 1 saturated carbocycles. The number of benzene rings is 1. The van der Waals surface area contributed by atoms with Crippen LogP contribution in [0.4, 0.5) is 5.82 Å². The average molecular weight is 741 g/mol. The lowest BCUT2D eigenvalue weighted by atomic mass is 9.95. The summed E-state index contributed by atoms with van der Waals surface area (Å²) in [5.74, 6) is 0.877. The summed E-state index contributed by atoms with van der Waals surface area (Å²) in [4.78, 5) is 60.5. The number of nitrogens with zero attached hydrogens (tertiary/aromatic N) is 8. The molecule has 14 nitrogen and oxygen atoms in total.